The molecule has 5 rings (SSSR count). The molecule has 0 unspecified atom stereocenters. The molecule has 1 N–H and O–H groups in total. The van der Waals surface area contributed by atoms with Crippen LogP contribution in [0, 0.1) is 0 Å². The molecule has 1 amide bonds. The maximum atomic E-state index is 12.8. The van der Waals surface area contributed by atoms with E-state index in [0.29, 0.717) is 5.56 Å². The van der Waals surface area contributed by atoms with E-state index in [0.717, 1.165) is 42.5 Å². The van der Waals surface area contributed by atoms with E-state index in [4.69, 9.17) is 0 Å². The number of benzene rings is 4. The van der Waals surface area contributed by atoms with E-state index in [1.54, 1.807) is 0 Å². The number of hydrogen-bond acceptors (Lipinski definition) is 2. The van der Waals surface area contributed by atoms with Gasteiger partial charge in [0.05, 0.1) is 0 Å². The Bertz CT molecular complexity index is 1190. The Balaban J connectivity index is 1.26. The summed E-state index contributed by atoms with van der Waals surface area (Å²) in [6.45, 7) is 2.96. The van der Waals surface area contributed by atoms with Gasteiger partial charge in [0.2, 0.25) is 0 Å². The van der Waals surface area contributed by atoms with Crippen LogP contribution in [0.4, 0.5) is 5.69 Å². The van der Waals surface area contributed by atoms with Gasteiger partial charge in [-0.3, -0.25) is 9.69 Å². The number of nitrogens with zero attached hydrogens (tertiary/aromatic N) is 1. The van der Waals surface area contributed by atoms with Crippen LogP contribution in [0.25, 0.3) is 10.8 Å². The van der Waals surface area contributed by atoms with Crippen molar-refractivity contribution in [2.24, 2.45) is 0 Å². The average molecular weight is 393 g/mol. The van der Waals surface area contributed by atoms with Gasteiger partial charge < -0.3 is 5.32 Å². The zero-order valence-electron chi connectivity index (χ0n) is 16.8. The minimum absolute atomic E-state index is 0.0789. The SMILES string of the molecule is O=C(Nc1cccc2ccccc12)c1ccc(CN2CCc3ccccc3C2)cc1. The van der Waals surface area contributed by atoms with Crippen molar-refractivity contribution < 1.29 is 4.79 Å². The van der Waals surface area contributed by atoms with E-state index in [1.807, 2.05) is 42.5 Å². The molecular formula is C27H24N2O. The predicted molar refractivity (Wildman–Crippen MR) is 123 cm³/mol. The molecule has 0 aromatic heterocycles. The number of carbonyl (C=O) groups is 1. The molecule has 4 aromatic carbocycles. The third-order valence-electron chi connectivity index (χ3n) is 5.87. The standard InChI is InChI=1S/C27H24N2O/c30-27(28-26-11-5-9-22-7-3-4-10-25(22)26)23-14-12-20(13-15-23)18-29-17-16-21-6-1-2-8-24(21)19-29/h1-15H,16-19H2,(H,28,30). The van der Waals surface area contributed by atoms with Crippen LogP contribution >= 0.6 is 0 Å². The second kappa shape index (κ2) is 8.13. The number of carbonyl (C=O) groups excluding carboxylic acids is 1. The summed E-state index contributed by atoms with van der Waals surface area (Å²) in [4.78, 5) is 15.2. The molecule has 0 aliphatic carbocycles. The number of fused-ring (bicyclic) bond motifs is 2. The fourth-order valence-electron chi connectivity index (χ4n) is 4.24. The van der Waals surface area contributed by atoms with Gasteiger partial charge in [-0.05, 0) is 46.7 Å². The van der Waals surface area contributed by atoms with Crippen LogP contribution in [0.5, 0.6) is 0 Å². The number of hydrogen-bond donors (Lipinski definition) is 1. The number of rotatable bonds is 4. The first-order chi connectivity index (χ1) is 14.8. The Morgan fingerprint density at radius 3 is 2.40 bits per heavy atom. The van der Waals surface area contributed by atoms with Crippen molar-refractivity contribution >= 4 is 22.4 Å². The second-order valence-corrected chi connectivity index (χ2v) is 7.91. The van der Waals surface area contributed by atoms with E-state index >= 15 is 0 Å². The van der Waals surface area contributed by atoms with Crippen molar-refractivity contribution in [3.8, 4) is 0 Å². The monoisotopic (exact) mass is 392 g/mol. The van der Waals surface area contributed by atoms with E-state index < -0.39 is 0 Å². The predicted octanol–water partition coefficient (Wildman–Crippen LogP) is 5.65. The highest BCUT2D eigenvalue weighted by molar-refractivity contribution is 6.09. The number of amides is 1. The van der Waals surface area contributed by atoms with Crippen molar-refractivity contribution in [1.29, 1.82) is 0 Å². The summed E-state index contributed by atoms with van der Waals surface area (Å²) < 4.78 is 0. The molecule has 148 valence electrons. The Morgan fingerprint density at radius 2 is 1.53 bits per heavy atom. The summed E-state index contributed by atoms with van der Waals surface area (Å²) in [5.41, 5.74) is 5.64. The van der Waals surface area contributed by atoms with Crippen molar-refractivity contribution in [2.75, 3.05) is 11.9 Å². The van der Waals surface area contributed by atoms with E-state index in [2.05, 4.69) is 58.7 Å². The van der Waals surface area contributed by atoms with E-state index in [9.17, 15) is 4.79 Å². The molecule has 4 aromatic rings. The van der Waals surface area contributed by atoms with Crippen LogP contribution in [0.15, 0.2) is 91.0 Å². The van der Waals surface area contributed by atoms with Crippen LogP contribution in [-0.2, 0) is 19.5 Å². The summed E-state index contributed by atoms with van der Waals surface area (Å²) in [7, 11) is 0. The van der Waals surface area contributed by atoms with Crippen molar-refractivity contribution in [3.63, 3.8) is 0 Å². The lowest BCUT2D eigenvalue weighted by atomic mass is 9.99. The minimum Gasteiger partial charge on any atom is -0.321 e. The van der Waals surface area contributed by atoms with Gasteiger partial charge in [-0.1, -0.05) is 72.8 Å². The van der Waals surface area contributed by atoms with Crippen LogP contribution in [0.2, 0.25) is 0 Å². The van der Waals surface area contributed by atoms with Crippen LogP contribution in [0.3, 0.4) is 0 Å². The molecule has 0 radical (unpaired) electrons. The summed E-state index contributed by atoms with van der Waals surface area (Å²) >= 11 is 0. The summed E-state index contributed by atoms with van der Waals surface area (Å²) in [6, 6.07) is 30.7. The average Bonchev–Trinajstić information content (AvgIpc) is 2.80. The maximum Gasteiger partial charge on any atom is 0.255 e. The third kappa shape index (κ3) is 3.85. The molecule has 0 saturated heterocycles. The summed E-state index contributed by atoms with van der Waals surface area (Å²) in [6.07, 6.45) is 1.10. The Morgan fingerprint density at radius 1 is 0.800 bits per heavy atom. The number of anilines is 1. The Hall–Kier alpha value is -3.43. The second-order valence-electron chi connectivity index (χ2n) is 7.91. The smallest absolute Gasteiger partial charge is 0.255 e. The molecular weight excluding hydrogens is 368 g/mol. The van der Waals surface area contributed by atoms with Gasteiger partial charge in [-0.15, -0.1) is 0 Å². The molecule has 0 fully saturated rings. The maximum absolute atomic E-state index is 12.8. The molecule has 3 nitrogen and oxygen atoms in total. The molecule has 3 heteroatoms. The molecule has 0 atom stereocenters. The number of nitrogens with one attached hydrogen (secondary N) is 1. The molecule has 30 heavy (non-hydrogen) atoms. The summed E-state index contributed by atoms with van der Waals surface area (Å²) in [5, 5.41) is 5.23. The molecule has 0 saturated carbocycles. The molecule has 1 aliphatic heterocycles. The fourth-order valence-corrected chi connectivity index (χ4v) is 4.24. The minimum atomic E-state index is -0.0789. The molecule has 1 heterocycles. The van der Waals surface area contributed by atoms with Gasteiger partial charge in [0.15, 0.2) is 0 Å². The van der Waals surface area contributed by atoms with Gasteiger partial charge in [-0.2, -0.15) is 0 Å². The van der Waals surface area contributed by atoms with Crippen LogP contribution in [-0.4, -0.2) is 17.4 Å². The van der Waals surface area contributed by atoms with Gasteiger partial charge in [0, 0.05) is 36.3 Å². The molecule has 0 bridgehead atoms. The topological polar surface area (TPSA) is 32.3 Å². The van der Waals surface area contributed by atoms with Crippen molar-refractivity contribution in [1.82, 2.24) is 4.90 Å². The molecule has 1 aliphatic rings. The van der Waals surface area contributed by atoms with Crippen LogP contribution < -0.4 is 5.32 Å². The Labute approximate surface area is 177 Å². The fraction of sp³-hybridized carbons (Fsp3) is 0.148. The van der Waals surface area contributed by atoms with E-state index in [-0.39, 0.29) is 5.91 Å². The normalized spacial score (nSPS) is 13.7. The van der Waals surface area contributed by atoms with Crippen molar-refractivity contribution in [2.45, 2.75) is 19.5 Å². The quantitative estimate of drug-likeness (QED) is 0.487. The third-order valence-corrected chi connectivity index (χ3v) is 5.87. The lowest BCUT2D eigenvalue weighted by Gasteiger charge is -2.28. The zero-order chi connectivity index (χ0) is 20.3. The van der Waals surface area contributed by atoms with E-state index in [1.165, 1.54) is 16.7 Å². The van der Waals surface area contributed by atoms with Gasteiger partial charge in [0.1, 0.15) is 0 Å². The lowest BCUT2D eigenvalue weighted by Crippen LogP contribution is -2.29. The Kier molecular flexibility index (Phi) is 5.04. The highest BCUT2D eigenvalue weighted by Gasteiger charge is 2.16. The highest BCUT2D eigenvalue weighted by atomic mass is 16.1. The van der Waals surface area contributed by atoms with Gasteiger partial charge in [-0.25, -0.2) is 0 Å². The van der Waals surface area contributed by atoms with Crippen LogP contribution in [0.1, 0.15) is 27.0 Å². The highest BCUT2D eigenvalue weighted by Crippen LogP contribution is 2.24. The first-order valence-electron chi connectivity index (χ1n) is 10.4. The first-order valence-corrected chi connectivity index (χ1v) is 10.4. The summed E-state index contributed by atoms with van der Waals surface area (Å²) in [5.74, 6) is -0.0789. The van der Waals surface area contributed by atoms with Crippen molar-refractivity contribution in [3.05, 3.63) is 113 Å². The lowest BCUT2D eigenvalue weighted by molar-refractivity contribution is 0.102. The molecule has 0 spiro atoms. The van der Waals surface area contributed by atoms with Gasteiger partial charge in [0.25, 0.3) is 5.91 Å². The van der Waals surface area contributed by atoms with Gasteiger partial charge >= 0.3 is 0 Å². The largest absolute Gasteiger partial charge is 0.321 e. The first kappa shape index (κ1) is 18.6. The zero-order valence-corrected chi connectivity index (χ0v) is 16.8.